The molecule has 1 unspecified atom stereocenters. The third kappa shape index (κ3) is 4.98. The lowest BCUT2D eigenvalue weighted by Gasteiger charge is -2.32. The Morgan fingerprint density at radius 1 is 1.50 bits per heavy atom. The molecule has 1 aliphatic heterocycles. The number of aliphatic hydroxyl groups excluding tert-OH is 1. The van der Waals surface area contributed by atoms with Gasteiger partial charge < -0.3 is 15.3 Å². The van der Waals surface area contributed by atoms with Gasteiger partial charge >= 0.3 is 0 Å². The van der Waals surface area contributed by atoms with Crippen LogP contribution in [0.4, 0.5) is 0 Å². The van der Waals surface area contributed by atoms with Crippen LogP contribution in [-0.4, -0.2) is 48.8 Å². The van der Waals surface area contributed by atoms with Gasteiger partial charge in [-0.1, -0.05) is 0 Å². The van der Waals surface area contributed by atoms with Gasteiger partial charge in [0.1, 0.15) is 0 Å². The van der Waals surface area contributed by atoms with Gasteiger partial charge in [0.15, 0.2) is 0 Å². The summed E-state index contributed by atoms with van der Waals surface area (Å²) >= 11 is 0. The molecule has 1 heterocycles. The molecular weight excluding hydrogens is 200 g/mol. The number of nitrogens with one attached hydrogen (secondary N) is 1. The number of hydrogen-bond acceptors (Lipinski definition) is 3. The quantitative estimate of drug-likeness (QED) is 0.518. The van der Waals surface area contributed by atoms with E-state index in [9.17, 15) is 5.11 Å². The summed E-state index contributed by atoms with van der Waals surface area (Å²) in [5.74, 6) is 2.61. The molecule has 1 fully saturated rings. The standard InChI is InChI=1S/C13H24N2O/c1-3-4-5-6-13(16)11-15-9-7-12(14-2)8-10-15/h1,12-14,16H,4-11H2,2H3. The highest BCUT2D eigenvalue weighted by molar-refractivity contribution is 4.83. The largest absolute Gasteiger partial charge is 0.392 e. The van der Waals surface area contributed by atoms with Crippen LogP contribution in [0.1, 0.15) is 32.1 Å². The van der Waals surface area contributed by atoms with E-state index in [0.717, 1.165) is 38.9 Å². The van der Waals surface area contributed by atoms with Crippen LogP contribution in [0, 0.1) is 12.3 Å². The Kier molecular flexibility index (Phi) is 6.47. The molecule has 16 heavy (non-hydrogen) atoms. The number of terminal acetylenes is 1. The zero-order valence-electron chi connectivity index (χ0n) is 10.3. The molecule has 3 nitrogen and oxygen atoms in total. The van der Waals surface area contributed by atoms with Crippen molar-refractivity contribution in [2.45, 2.75) is 44.2 Å². The molecular formula is C13H24N2O. The molecule has 1 atom stereocenters. The van der Waals surface area contributed by atoms with Gasteiger partial charge in [-0.15, -0.1) is 12.3 Å². The molecule has 92 valence electrons. The maximum atomic E-state index is 9.83. The van der Waals surface area contributed by atoms with Crippen molar-refractivity contribution in [3.63, 3.8) is 0 Å². The van der Waals surface area contributed by atoms with E-state index in [1.54, 1.807) is 0 Å². The number of likely N-dealkylation sites (tertiary alicyclic amines) is 1. The second-order valence-electron chi connectivity index (χ2n) is 4.61. The Labute approximate surface area is 99.2 Å². The highest BCUT2D eigenvalue weighted by Gasteiger charge is 2.19. The molecule has 0 radical (unpaired) electrons. The van der Waals surface area contributed by atoms with Crippen LogP contribution < -0.4 is 5.32 Å². The molecule has 1 aliphatic rings. The molecule has 1 saturated heterocycles. The molecule has 3 heteroatoms. The van der Waals surface area contributed by atoms with Gasteiger partial charge in [0.2, 0.25) is 0 Å². The van der Waals surface area contributed by atoms with Crippen LogP contribution in [-0.2, 0) is 0 Å². The molecule has 0 aromatic rings. The van der Waals surface area contributed by atoms with Crippen LogP contribution >= 0.6 is 0 Å². The van der Waals surface area contributed by atoms with Gasteiger partial charge in [-0.25, -0.2) is 0 Å². The van der Waals surface area contributed by atoms with Crippen LogP contribution in [0.2, 0.25) is 0 Å². The maximum Gasteiger partial charge on any atom is 0.0667 e. The number of β-amino-alcohol motifs (C(OH)–C–C–N with tert-alkyl or cyclic N) is 1. The lowest BCUT2D eigenvalue weighted by Crippen LogP contribution is -2.43. The van der Waals surface area contributed by atoms with E-state index in [1.165, 1.54) is 12.8 Å². The molecule has 0 aromatic heterocycles. The van der Waals surface area contributed by atoms with E-state index in [1.807, 2.05) is 7.05 Å². The first-order chi connectivity index (χ1) is 7.76. The van der Waals surface area contributed by atoms with Crippen LogP contribution in [0.15, 0.2) is 0 Å². The monoisotopic (exact) mass is 224 g/mol. The molecule has 0 saturated carbocycles. The van der Waals surface area contributed by atoms with E-state index in [2.05, 4.69) is 16.1 Å². The number of rotatable bonds is 6. The summed E-state index contributed by atoms with van der Waals surface area (Å²) in [6.07, 6.45) is 9.89. The third-order valence-corrected chi connectivity index (χ3v) is 3.32. The molecule has 0 aliphatic carbocycles. The Morgan fingerprint density at radius 3 is 2.75 bits per heavy atom. The summed E-state index contributed by atoms with van der Waals surface area (Å²) in [7, 11) is 2.02. The number of hydrogen-bond donors (Lipinski definition) is 2. The minimum atomic E-state index is -0.209. The first-order valence-corrected chi connectivity index (χ1v) is 6.27. The topological polar surface area (TPSA) is 35.5 Å². The normalized spacial score (nSPS) is 20.6. The van der Waals surface area contributed by atoms with Gasteiger partial charge in [0.05, 0.1) is 6.10 Å². The van der Waals surface area contributed by atoms with E-state index < -0.39 is 0 Å². The smallest absolute Gasteiger partial charge is 0.0667 e. The highest BCUT2D eigenvalue weighted by Crippen LogP contribution is 2.11. The molecule has 0 aromatic carbocycles. The first-order valence-electron chi connectivity index (χ1n) is 6.27. The summed E-state index contributed by atoms with van der Waals surface area (Å²) in [4.78, 5) is 2.36. The second-order valence-corrected chi connectivity index (χ2v) is 4.61. The molecule has 0 amide bonds. The fraction of sp³-hybridized carbons (Fsp3) is 0.846. The van der Waals surface area contributed by atoms with Gasteiger partial charge in [0.25, 0.3) is 0 Å². The molecule has 0 spiro atoms. The maximum absolute atomic E-state index is 9.83. The Bertz CT molecular complexity index is 216. The number of unbranched alkanes of at least 4 members (excludes halogenated alkanes) is 1. The second kappa shape index (κ2) is 7.67. The average Bonchev–Trinajstić information content (AvgIpc) is 2.30. The van der Waals surface area contributed by atoms with Crippen molar-refractivity contribution in [3.05, 3.63) is 0 Å². The predicted octanol–water partition coefficient (Wildman–Crippen LogP) is 0.835. The summed E-state index contributed by atoms with van der Waals surface area (Å²) in [6.45, 7) is 3.00. The zero-order valence-corrected chi connectivity index (χ0v) is 10.3. The van der Waals surface area contributed by atoms with Crippen molar-refractivity contribution < 1.29 is 5.11 Å². The molecule has 1 rings (SSSR count). The minimum Gasteiger partial charge on any atom is -0.392 e. The number of piperidine rings is 1. The van der Waals surface area contributed by atoms with Gasteiger partial charge in [-0.2, -0.15) is 0 Å². The summed E-state index contributed by atoms with van der Waals surface area (Å²) in [5.41, 5.74) is 0. The van der Waals surface area contributed by atoms with Crippen molar-refractivity contribution in [2.24, 2.45) is 0 Å². The first kappa shape index (κ1) is 13.5. The Hall–Kier alpha value is -0.560. The highest BCUT2D eigenvalue weighted by atomic mass is 16.3. The minimum absolute atomic E-state index is 0.209. The lowest BCUT2D eigenvalue weighted by molar-refractivity contribution is 0.0879. The zero-order chi connectivity index (χ0) is 11.8. The molecule has 2 N–H and O–H groups in total. The van der Waals surface area contributed by atoms with Gasteiger partial charge in [-0.3, -0.25) is 0 Å². The van der Waals surface area contributed by atoms with E-state index in [0.29, 0.717) is 6.04 Å². The summed E-state index contributed by atoms with van der Waals surface area (Å²) in [6, 6.07) is 0.662. The summed E-state index contributed by atoms with van der Waals surface area (Å²) in [5, 5.41) is 13.1. The van der Waals surface area contributed by atoms with Crippen molar-refractivity contribution in [1.29, 1.82) is 0 Å². The Morgan fingerprint density at radius 2 is 2.19 bits per heavy atom. The SMILES string of the molecule is C#CCCCC(O)CN1CCC(NC)CC1. The number of aliphatic hydroxyl groups is 1. The fourth-order valence-corrected chi connectivity index (χ4v) is 2.23. The third-order valence-electron chi connectivity index (χ3n) is 3.32. The van der Waals surface area contributed by atoms with Crippen LogP contribution in [0.5, 0.6) is 0 Å². The van der Waals surface area contributed by atoms with E-state index in [-0.39, 0.29) is 6.10 Å². The molecule has 0 bridgehead atoms. The van der Waals surface area contributed by atoms with Gasteiger partial charge in [0, 0.05) is 19.0 Å². The van der Waals surface area contributed by atoms with E-state index >= 15 is 0 Å². The summed E-state index contributed by atoms with van der Waals surface area (Å²) < 4.78 is 0. The van der Waals surface area contributed by atoms with Crippen molar-refractivity contribution >= 4 is 0 Å². The predicted molar refractivity (Wildman–Crippen MR) is 67.2 cm³/mol. The van der Waals surface area contributed by atoms with Crippen LogP contribution in [0.25, 0.3) is 0 Å². The fourth-order valence-electron chi connectivity index (χ4n) is 2.23. The van der Waals surface area contributed by atoms with Crippen molar-refractivity contribution in [1.82, 2.24) is 10.2 Å². The van der Waals surface area contributed by atoms with Crippen LogP contribution in [0.3, 0.4) is 0 Å². The van der Waals surface area contributed by atoms with Crippen molar-refractivity contribution in [2.75, 3.05) is 26.7 Å². The van der Waals surface area contributed by atoms with Crippen molar-refractivity contribution in [3.8, 4) is 12.3 Å². The van der Waals surface area contributed by atoms with Gasteiger partial charge in [-0.05, 0) is 45.8 Å². The lowest BCUT2D eigenvalue weighted by atomic mass is 10.0. The average molecular weight is 224 g/mol. The Balaban J connectivity index is 2.11. The number of nitrogens with zero attached hydrogens (tertiary/aromatic N) is 1. The van der Waals surface area contributed by atoms with E-state index in [4.69, 9.17) is 6.42 Å².